The number of carbonyl (C=O) groups is 2. The van der Waals surface area contributed by atoms with Gasteiger partial charge in [-0.25, -0.2) is 4.99 Å². The number of nitrogens with zero attached hydrogens (tertiary/aromatic N) is 1. The first-order chi connectivity index (χ1) is 12.3. The normalized spacial score (nSPS) is 18.8. The van der Waals surface area contributed by atoms with Crippen LogP contribution >= 0.6 is 11.8 Å². The highest BCUT2D eigenvalue weighted by atomic mass is 32.2. The van der Waals surface area contributed by atoms with Gasteiger partial charge in [0.05, 0.1) is 23.1 Å². The number of alkyl halides is 3. The standard InChI is InChI=1S/C17H19F3N2O3S/c1-2-3-10-25-14(23)9-8-13-15(24)22-16(26-13)21-12-7-5-4-6-11(12)17(18,19)20/h4-7,13H,2-3,8-10H2,1H3,(H,21,22,24). The van der Waals surface area contributed by atoms with Crippen LogP contribution in [0.25, 0.3) is 0 Å². The van der Waals surface area contributed by atoms with Gasteiger partial charge in [0.25, 0.3) is 0 Å². The number of rotatable bonds is 7. The summed E-state index contributed by atoms with van der Waals surface area (Å²) in [4.78, 5) is 27.5. The number of thioether (sulfide) groups is 1. The van der Waals surface area contributed by atoms with E-state index in [1.807, 2.05) is 6.92 Å². The molecule has 0 aliphatic carbocycles. The van der Waals surface area contributed by atoms with Crippen LogP contribution in [0.4, 0.5) is 18.9 Å². The first-order valence-corrected chi connectivity index (χ1v) is 9.07. The molecular formula is C17H19F3N2O3S. The number of hydrogen-bond donors (Lipinski definition) is 1. The van der Waals surface area contributed by atoms with Gasteiger partial charge in [-0.05, 0) is 25.0 Å². The molecule has 5 nitrogen and oxygen atoms in total. The first kappa shape index (κ1) is 20.3. The topological polar surface area (TPSA) is 67.8 Å². The van der Waals surface area contributed by atoms with Crippen molar-refractivity contribution in [1.82, 2.24) is 5.32 Å². The molecule has 1 aromatic carbocycles. The van der Waals surface area contributed by atoms with Crippen molar-refractivity contribution in [1.29, 1.82) is 0 Å². The number of benzene rings is 1. The van der Waals surface area contributed by atoms with E-state index in [1.165, 1.54) is 18.2 Å². The molecule has 0 radical (unpaired) electrons. The third kappa shape index (κ3) is 5.76. The monoisotopic (exact) mass is 388 g/mol. The number of nitrogens with one attached hydrogen (secondary N) is 1. The van der Waals surface area contributed by atoms with E-state index in [0.717, 1.165) is 30.7 Å². The Morgan fingerprint density at radius 3 is 2.77 bits per heavy atom. The predicted molar refractivity (Wildman–Crippen MR) is 93.2 cm³/mol. The number of esters is 1. The van der Waals surface area contributed by atoms with E-state index in [9.17, 15) is 22.8 Å². The maximum Gasteiger partial charge on any atom is 0.418 e. The predicted octanol–water partition coefficient (Wildman–Crippen LogP) is 4.05. The summed E-state index contributed by atoms with van der Waals surface area (Å²) in [6.45, 7) is 2.32. The lowest BCUT2D eigenvalue weighted by atomic mass is 10.2. The number of carbonyl (C=O) groups excluding carboxylic acids is 2. The summed E-state index contributed by atoms with van der Waals surface area (Å²) in [6.07, 6.45) is -2.54. The van der Waals surface area contributed by atoms with E-state index >= 15 is 0 Å². The van der Waals surface area contributed by atoms with Crippen molar-refractivity contribution in [2.24, 2.45) is 4.99 Å². The van der Waals surface area contributed by atoms with Gasteiger partial charge in [0, 0.05) is 6.42 Å². The molecule has 0 bridgehead atoms. The number of aliphatic imine (C=N–C) groups is 1. The van der Waals surface area contributed by atoms with Gasteiger partial charge in [-0.1, -0.05) is 37.2 Å². The number of unbranched alkanes of at least 4 members (excludes halogenated alkanes) is 1. The second-order valence-electron chi connectivity index (χ2n) is 5.64. The molecule has 1 unspecified atom stereocenters. The Kier molecular flexibility index (Phi) is 7.07. The highest BCUT2D eigenvalue weighted by Gasteiger charge is 2.35. The molecule has 1 N–H and O–H groups in total. The zero-order valence-corrected chi connectivity index (χ0v) is 15.0. The van der Waals surface area contributed by atoms with E-state index < -0.39 is 17.0 Å². The summed E-state index contributed by atoms with van der Waals surface area (Å²) < 4.78 is 44.0. The van der Waals surface area contributed by atoms with Crippen LogP contribution in [0.15, 0.2) is 29.3 Å². The molecule has 26 heavy (non-hydrogen) atoms. The quantitative estimate of drug-likeness (QED) is 0.565. The van der Waals surface area contributed by atoms with Crippen LogP contribution in [-0.2, 0) is 20.5 Å². The van der Waals surface area contributed by atoms with Crippen LogP contribution in [0, 0.1) is 0 Å². The molecule has 1 amide bonds. The van der Waals surface area contributed by atoms with E-state index in [-0.39, 0.29) is 35.6 Å². The van der Waals surface area contributed by atoms with Crippen molar-refractivity contribution in [3.63, 3.8) is 0 Å². The molecule has 1 aromatic rings. The van der Waals surface area contributed by atoms with Gasteiger partial charge in [-0.2, -0.15) is 13.2 Å². The van der Waals surface area contributed by atoms with Crippen LogP contribution in [0.3, 0.4) is 0 Å². The lowest BCUT2D eigenvalue weighted by Crippen LogP contribution is -2.25. The van der Waals surface area contributed by atoms with Crippen molar-refractivity contribution in [2.75, 3.05) is 6.61 Å². The highest BCUT2D eigenvalue weighted by molar-refractivity contribution is 8.15. The van der Waals surface area contributed by atoms with Crippen LogP contribution in [-0.4, -0.2) is 28.9 Å². The third-order valence-corrected chi connectivity index (χ3v) is 4.73. The largest absolute Gasteiger partial charge is 0.466 e. The number of halogens is 3. The summed E-state index contributed by atoms with van der Waals surface area (Å²) in [5.74, 6) is -0.765. The molecule has 1 aliphatic heterocycles. The van der Waals surface area contributed by atoms with Crippen LogP contribution < -0.4 is 5.32 Å². The average Bonchev–Trinajstić information content (AvgIpc) is 2.92. The maximum atomic E-state index is 13.0. The molecule has 1 fully saturated rings. The van der Waals surface area contributed by atoms with Gasteiger partial charge in [0.15, 0.2) is 5.17 Å². The molecule has 1 atom stereocenters. The van der Waals surface area contributed by atoms with Crippen molar-refractivity contribution < 1.29 is 27.5 Å². The second kappa shape index (κ2) is 9.07. The van der Waals surface area contributed by atoms with Crippen LogP contribution in [0.2, 0.25) is 0 Å². The highest BCUT2D eigenvalue weighted by Crippen LogP contribution is 2.37. The number of para-hydroxylation sites is 1. The molecule has 142 valence electrons. The molecular weight excluding hydrogens is 369 g/mol. The number of ether oxygens (including phenoxy) is 1. The minimum atomic E-state index is -4.53. The van der Waals surface area contributed by atoms with Crippen molar-refractivity contribution in [3.8, 4) is 0 Å². The minimum Gasteiger partial charge on any atom is -0.466 e. The first-order valence-electron chi connectivity index (χ1n) is 8.19. The van der Waals surface area contributed by atoms with E-state index in [2.05, 4.69) is 10.3 Å². The van der Waals surface area contributed by atoms with Gasteiger partial charge in [-0.3, -0.25) is 9.59 Å². The smallest absolute Gasteiger partial charge is 0.418 e. The van der Waals surface area contributed by atoms with Crippen molar-refractivity contribution >= 4 is 34.5 Å². The number of amidine groups is 1. The molecule has 0 spiro atoms. The molecule has 0 aromatic heterocycles. The Hall–Kier alpha value is -2.03. The molecule has 9 heteroatoms. The van der Waals surface area contributed by atoms with Gasteiger partial charge in [0.2, 0.25) is 5.91 Å². The SMILES string of the molecule is CCCCOC(=O)CCC1SC(=Nc2ccccc2C(F)(F)F)NC1=O. The minimum absolute atomic E-state index is 0.0707. The van der Waals surface area contributed by atoms with Crippen LogP contribution in [0.1, 0.15) is 38.2 Å². The number of hydrogen-bond acceptors (Lipinski definition) is 5. The summed E-state index contributed by atoms with van der Waals surface area (Å²) in [5, 5.41) is 1.98. The fourth-order valence-electron chi connectivity index (χ4n) is 2.22. The van der Waals surface area contributed by atoms with E-state index in [1.54, 1.807) is 0 Å². The lowest BCUT2D eigenvalue weighted by molar-refractivity contribution is -0.144. The zero-order chi connectivity index (χ0) is 19.2. The maximum absolute atomic E-state index is 13.0. The molecule has 2 rings (SSSR count). The summed E-state index contributed by atoms with van der Waals surface area (Å²) in [6, 6.07) is 4.89. The Balaban J connectivity index is 1.97. The Bertz CT molecular complexity index is 692. The molecule has 1 saturated heterocycles. The Morgan fingerprint density at radius 1 is 1.35 bits per heavy atom. The molecule has 0 saturated carbocycles. The summed E-state index contributed by atoms with van der Waals surface area (Å²) >= 11 is 1.02. The Labute approximate surface area is 153 Å². The van der Waals surface area contributed by atoms with E-state index in [4.69, 9.17) is 4.74 Å². The number of amides is 1. The van der Waals surface area contributed by atoms with Gasteiger partial charge < -0.3 is 10.1 Å². The van der Waals surface area contributed by atoms with Gasteiger partial charge in [0.1, 0.15) is 0 Å². The lowest BCUT2D eigenvalue weighted by Gasteiger charge is -2.09. The van der Waals surface area contributed by atoms with Crippen LogP contribution in [0.5, 0.6) is 0 Å². The molecule has 1 aliphatic rings. The summed E-state index contributed by atoms with van der Waals surface area (Å²) in [5.41, 5.74) is -1.13. The molecule has 1 heterocycles. The average molecular weight is 388 g/mol. The van der Waals surface area contributed by atoms with E-state index in [0.29, 0.717) is 6.61 Å². The van der Waals surface area contributed by atoms with Crippen molar-refractivity contribution in [3.05, 3.63) is 29.8 Å². The van der Waals surface area contributed by atoms with Gasteiger partial charge in [-0.15, -0.1) is 0 Å². The zero-order valence-electron chi connectivity index (χ0n) is 14.1. The summed E-state index contributed by atoms with van der Waals surface area (Å²) in [7, 11) is 0. The fraction of sp³-hybridized carbons (Fsp3) is 0.471. The Morgan fingerprint density at radius 2 is 2.08 bits per heavy atom. The fourth-order valence-corrected chi connectivity index (χ4v) is 3.20. The van der Waals surface area contributed by atoms with Crippen molar-refractivity contribution in [2.45, 2.75) is 44.0 Å². The van der Waals surface area contributed by atoms with Gasteiger partial charge >= 0.3 is 12.1 Å². The third-order valence-electron chi connectivity index (χ3n) is 3.58. The second-order valence-corrected chi connectivity index (χ2v) is 6.83.